The Morgan fingerprint density at radius 2 is 2.46 bits per heavy atom. The van der Waals surface area contributed by atoms with Crippen LogP contribution in [-0.4, -0.2) is 41.9 Å². The fraction of sp³-hybridized carbons (Fsp3) is 0.889. The number of alkyl halides is 1. The lowest BCUT2D eigenvalue weighted by Crippen LogP contribution is -2.35. The van der Waals surface area contributed by atoms with Crippen LogP contribution in [-0.2, 0) is 9.53 Å². The summed E-state index contributed by atoms with van der Waals surface area (Å²) >= 11 is 3.36. The van der Waals surface area contributed by atoms with Crippen molar-refractivity contribution in [1.82, 2.24) is 4.90 Å². The molecule has 0 aromatic carbocycles. The van der Waals surface area contributed by atoms with Crippen molar-refractivity contribution in [2.75, 3.05) is 20.2 Å². The number of hydrogen-bond acceptors (Lipinski definition) is 2. The highest BCUT2D eigenvalue weighted by molar-refractivity contribution is 9.10. The molecule has 2 unspecified atom stereocenters. The Kier molecular flexibility index (Phi) is 4.19. The monoisotopic (exact) mass is 249 g/mol. The SMILES string of the molecule is CCC(Br)C(=O)N1CCC(OC)C1. The van der Waals surface area contributed by atoms with Gasteiger partial charge in [0.05, 0.1) is 10.9 Å². The third kappa shape index (κ3) is 2.68. The second kappa shape index (κ2) is 4.96. The van der Waals surface area contributed by atoms with Crippen LogP contribution in [0, 0.1) is 0 Å². The van der Waals surface area contributed by atoms with Crippen LogP contribution >= 0.6 is 15.9 Å². The summed E-state index contributed by atoms with van der Waals surface area (Å²) in [6, 6.07) is 0. The molecule has 1 amide bonds. The molecular formula is C9H16BrNO2. The van der Waals surface area contributed by atoms with Crippen LogP contribution in [0.2, 0.25) is 0 Å². The molecule has 1 aliphatic rings. The van der Waals surface area contributed by atoms with E-state index in [0.29, 0.717) is 0 Å². The predicted molar refractivity (Wildman–Crippen MR) is 55.0 cm³/mol. The Labute approximate surface area is 87.6 Å². The van der Waals surface area contributed by atoms with Gasteiger partial charge < -0.3 is 9.64 Å². The topological polar surface area (TPSA) is 29.5 Å². The fourth-order valence-electron chi connectivity index (χ4n) is 1.49. The second-order valence-corrected chi connectivity index (χ2v) is 4.41. The second-order valence-electron chi connectivity index (χ2n) is 3.31. The molecule has 0 aromatic heterocycles. The smallest absolute Gasteiger partial charge is 0.236 e. The summed E-state index contributed by atoms with van der Waals surface area (Å²) in [7, 11) is 1.70. The number of halogens is 1. The van der Waals surface area contributed by atoms with Crippen LogP contribution in [0.3, 0.4) is 0 Å². The third-order valence-corrected chi connectivity index (χ3v) is 3.46. The Morgan fingerprint density at radius 3 is 2.92 bits per heavy atom. The first-order valence-electron chi connectivity index (χ1n) is 4.64. The van der Waals surface area contributed by atoms with Crippen molar-refractivity contribution in [2.24, 2.45) is 0 Å². The first-order chi connectivity index (χ1) is 6.19. The summed E-state index contributed by atoms with van der Waals surface area (Å²) in [5.41, 5.74) is 0. The van der Waals surface area contributed by atoms with Gasteiger partial charge in [-0.1, -0.05) is 22.9 Å². The maximum atomic E-state index is 11.7. The van der Waals surface area contributed by atoms with E-state index in [-0.39, 0.29) is 16.8 Å². The van der Waals surface area contributed by atoms with Crippen molar-refractivity contribution >= 4 is 21.8 Å². The van der Waals surface area contributed by atoms with E-state index in [9.17, 15) is 4.79 Å². The molecule has 0 aromatic rings. The highest BCUT2D eigenvalue weighted by Crippen LogP contribution is 2.16. The standard InChI is InChI=1S/C9H16BrNO2/c1-3-8(10)9(12)11-5-4-7(6-11)13-2/h7-8H,3-6H2,1-2H3. The molecule has 1 rings (SSSR count). The number of hydrogen-bond donors (Lipinski definition) is 0. The maximum Gasteiger partial charge on any atom is 0.236 e. The van der Waals surface area contributed by atoms with Gasteiger partial charge in [-0.3, -0.25) is 4.79 Å². The Balaban J connectivity index is 2.41. The van der Waals surface area contributed by atoms with E-state index in [2.05, 4.69) is 15.9 Å². The number of ether oxygens (including phenoxy) is 1. The van der Waals surface area contributed by atoms with Crippen molar-refractivity contribution in [1.29, 1.82) is 0 Å². The minimum absolute atomic E-state index is 0.0249. The maximum absolute atomic E-state index is 11.7. The zero-order valence-corrected chi connectivity index (χ0v) is 9.71. The number of nitrogens with zero attached hydrogens (tertiary/aromatic N) is 1. The Hall–Kier alpha value is -0.0900. The number of carbonyl (C=O) groups is 1. The molecule has 0 bridgehead atoms. The first kappa shape index (κ1) is 11.0. The molecule has 0 saturated carbocycles. The van der Waals surface area contributed by atoms with E-state index in [1.54, 1.807) is 7.11 Å². The molecule has 0 radical (unpaired) electrons. The van der Waals surface area contributed by atoms with Crippen molar-refractivity contribution in [3.63, 3.8) is 0 Å². The van der Waals surface area contributed by atoms with Crippen molar-refractivity contribution in [2.45, 2.75) is 30.7 Å². The lowest BCUT2D eigenvalue weighted by Gasteiger charge is -2.18. The molecule has 1 saturated heterocycles. The number of carbonyl (C=O) groups excluding carboxylic acids is 1. The summed E-state index contributed by atoms with van der Waals surface area (Å²) < 4.78 is 5.20. The van der Waals surface area contributed by atoms with Crippen LogP contribution in [0.4, 0.5) is 0 Å². The number of likely N-dealkylation sites (tertiary alicyclic amines) is 1. The highest BCUT2D eigenvalue weighted by Gasteiger charge is 2.28. The van der Waals surface area contributed by atoms with Crippen LogP contribution in [0.1, 0.15) is 19.8 Å². The highest BCUT2D eigenvalue weighted by atomic mass is 79.9. The van der Waals surface area contributed by atoms with Crippen molar-refractivity contribution in [3.05, 3.63) is 0 Å². The molecule has 76 valence electrons. The molecule has 13 heavy (non-hydrogen) atoms. The number of methoxy groups -OCH3 is 1. The van der Waals surface area contributed by atoms with Gasteiger partial charge in [-0.15, -0.1) is 0 Å². The third-order valence-electron chi connectivity index (χ3n) is 2.42. The van der Waals surface area contributed by atoms with Gasteiger partial charge in [0.1, 0.15) is 0 Å². The van der Waals surface area contributed by atoms with E-state index in [1.807, 2.05) is 11.8 Å². The van der Waals surface area contributed by atoms with Crippen LogP contribution < -0.4 is 0 Å². The minimum atomic E-state index is -0.0249. The average molecular weight is 250 g/mol. The molecule has 0 N–H and O–H groups in total. The lowest BCUT2D eigenvalue weighted by molar-refractivity contribution is -0.129. The molecule has 0 aliphatic carbocycles. The Bertz CT molecular complexity index is 186. The first-order valence-corrected chi connectivity index (χ1v) is 5.56. The van der Waals surface area contributed by atoms with Gasteiger partial charge in [-0.05, 0) is 12.8 Å². The van der Waals surface area contributed by atoms with Gasteiger partial charge in [0.2, 0.25) is 5.91 Å². The van der Waals surface area contributed by atoms with Crippen molar-refractivity contribution < 1.29 is 9.53 Å². The number of rotatable bonds is 3. The minimum Gasteiger partial charge on any atom is -0.380 e. The molecular weight excluding hydrogens is 234 g/mol. The predicted octanol–water partition coefficient (Wildman–Crippen LogP) is 1.41. The zero-order chi connectivity index (χ0) is 9.84. The normalized spacial score (nSPS) is 24.8. The van der Waals surface area contributed by atoms with Crippen LogP contribution in [0.5, 0.6) is 0 Å². The largest absolute Gasteiger partial charge is 0.380 e. The van der Waals surface area contributed by atoms with Crippen molar-refractivity contribution in [3.8, 4) is 0 Å². The average Bonchev–Trinajstić information content (AvgIpc) is 2.63. The lowest BCUT2D eigenvalue weighted by atomic mass is 10.3. The van der Waals surface area contributed by atoms with Crippen LogP contribution in [0.15, 0.2) is 0 Å². The van der Waals surface area contributed by atoms with Gasteiger partial charge >= 0.3 is 0 Å². The van der Waals surface area contributed by atoms with E-state index in [4.69, 9.17) is 4.74 Å². The van der Waals surface area contributed by atoms with Gasteiger partial charge in [0.15, 0.2) is 0 Å². The van der Waals surface area contributed by atoms with E-state index in [1.165, 1.54) is 0 Å². The summed E-state index contributed by atoms with van der Waals surface area (Å²) in [6.07, 6.45) is 2.04. The molecule has 3 nitrogen and oxygen atoms in total. The fourth-order valence-corrected chi connectivity index (χ4v) is 1.78. The summed E-state index contributed by atoms with van der Waals surface area (Å²) in [6.45, 7) is 3.58. The quantitative estimate of drug-likeness (QED) is 0.709. The summed E-state index contributed by atoms with van der Waals surface area (Å²) in [5.74, 6) is 0.196. The molecule has 1 fully saturated rings. The molecule has 1 heterocycles. The summed E-state index contributed by atoms with van der Waals surface area (Å²) in [5, 5.41) is 0. The molecule has 4 heteroatoms. The van der Waals surface area contributed by atoms with E-state index in [0.717, 1.165) is 25.9 Å². The molecule has 0 spiro atoms. The zero-order valence-electron chi connectivity index (χ0n) is 8.12. The van der Waals surface area contributed by atoms with E-state index >= 15 is 0 Å². The summed E-state index contributed by atoms with van der Waals surface area (Å²) in [4.78, 5) is 13.5. The molecule has 2 atom stereocenters. The van der Waals surface area contributed by atoms with Gasteiger partial charge in [0.25, 0.3) is 0 Å². The van der Waals surface area contributed by atoms with Gasteiger partial charge in [-0.2, -0.15) is 0 Å². The van der Waals surface area contributed by atoms with Gasteiger partial charge in [-0.25, -0.2) is 0 Å². The Morgan fingerprint density at radius 1 is 1.77 bits per heavy atom. The van der Waals surface area contributed by atoms with Crippen LogP contribution in [0.25, 0.3) is 0 Å². The van der Waals surface area contributed by atoms with Gasteiger partial charge in [0, 0.05) is 20.2 Å². The van der Waals surface area contributed by atoms with E-state index < -0.39 is 0 Å². The number of amides is 1. The molecule has 1 aliphatic heterocycles.